The fourth-order valence-corrected chi connectivity index (χ4v) is 1.87. The third kappa shape index (κ3) is 6.63. The standard InChI is InChI=1S/C17H27NO3/c1-5-10-20-15-8-6-13(7-9-15)11-14(12-18)16(19)21-17(2,3)4/h6-9,14H,5,10-12,18H2,1-4H3. The van der Waals surface area contributed by atoms with E-state index in [1.54, 1.807) is 0 Å². The lowest BCUT2D eigenvalue weighted by Crippen LogP contribution is -2.33. The Morgan fingerprint density at radius 1 is 1.24 bits per heavy atom. The van der Waals surface area contributed by atoms with E-state index in [1.165, 1.54) is 0 Å². The minimum absolute atomic E-state index is 0.240. The van der Waals surface area contributed by atoms with Crippen LogP contribution in [0.5, 0.6) is 5.75 Å². The van der Waals surface area contributed by atoms with E-state index in [0.29, 0.717) is 13.0 Å². The Kier molecular flexibility index (Phi) is 6.69. The number of carbonyl (C=O) groups is 1. The van der Waals surface area contributed by atoms with Crippen LogP contribution in [0.15, 0.2) is 24.3 Å². The summed E-state index contributed by atoms with van der Waals surface area (Å²) in [5.41, 5.74) is 6.28. The molecule has 1 unspecified atom stereocenters. The normalized spacial score (nSPS) is 12.8. The summed E-state index contributed by atoms with van der Waals surface area (Å²) in [6.07, 6.45) is 1.56. The molecule has 21 heavy (non-hydrogen) atoms. The summed E-state index contributed by atoms with van der Waals surface area (Å²) in [6.45, 7) is 8.64. The van der Waals surface area contributed by atoms with Gasteiger partial charge in [-0.2, -0.15) is 0 Å². The topological polar surface area (TPSA) is 61.5 Å². The predicted molar refractivity (Wildman–Crippen MR) is 84.3 cm³/mol. The Bertz CT molecular complexity index is 434. The minimum atomic E-state index is -0.484. The maximum absolute atomic E-state index is 12.1. The van der Waals surface area contributed by atoms with Gasteiger partial charge in [0.15, 0.2) is 0 Å². The third-order valence-corrected chi connectivity index (χ3v) is 2.90. The summed E-state index contributed by atoms with van der Waals surface area (Å²) >= 11 is 0. The molecule has 0 aliphatic rings. The number of benzene rings is 1. The van der Waals surface area contributed by atoms with E-state index in [0.717, 1.165) is 17.7 Å². The summed E-state index contributed by atoms with van der Waals surface area (Å²) in [6, 6.07) is 7.79. The van der Waals surface area contributed by atoms with Crippen molar-refractivity contribution < 1.29 is 14.3 Å². The summed E-state index contributed by atoms with van der Waals surface area (Å²) in [5.74, 6) is 0.296. The molecule has 1 aromatic carbocycles. The Balaban J connectivity index is 2.62. The van der Waals surface area contributed by atoms with Crippen molar-refractivity contribution in [2.45, 2.75) is 46.1 Å². The number of rotatable bonds is 7. The second-order valence-corrected chi connectivity index (χ2v) is 6.16. The zero-order valence-electron chi connectivity index (χ0n) is 13.5. The molecule has 4 heteroatoms. The van der Waals surface area contributed by atoms with Gasteiger partial charge in [0.2, 0.25) is 0 Å². The van der Waals surface area contributed by atoms with Gasteiger partial charge in [-0.05, 0) is 51.3 Å². The van der Waals surface area contributed by atoms with Gasteiger partial charge in [-0.1, -0.05) is 19.1 Å². The van der Waals surface area contributed by atoms with E-state index < -0.39 is 5.60 Å². The van der Waals surface area contributed by atoms with Gasteiger partial charge in [-0.25, -0.2) is 0 Å². The van der Waals surface area contributed by atoms with Crippen molar-refractivity contribution >= 4 is 5.97 Å². The Morgan fingerprint density at radius 3 is 2.33 bits per heavy atom. The first-order chi connectivity index (χ1) is 9.85. The van der Waals surface area contributed by atoms with E-state index in [9.17, 15) is 4.79 Å². The van der Waals surface area contributed by atoms with Gasteiger partial charge < -0.3 is 15.2 Å². The highest BCUT2D eigenvalue weighted by Crippen LogP contribution is 2.18. The molecule has 0 spiro atoms. The largest absolute Gasteiger partial charge is 0.494 e. The summed E-state index contributed by atoms with van der Waals surface area (Å²) in [5, 5.41) is 0. The summed E-state index contributed by atoms with van der Waals surface area (Å²) in [7, 11) is 0. The highest BCUT2D eigenvalue weighted by molar-refractivity contribution is 5.73. The average Bonchev–Trinajstić information content (AvgIpc) is 2.41. The minimum Gasteiger partial charge on any atom is -0.494 e. The Hall–Kier alpha value is -1.55. The number of carbonyl (C=O) groups excluding carboxylic acids is 1. The second kappa shape index (κ2) is 8.03. The summed E-state index contributed by atoms with van der Waals surface area (Å²) < 4.78 is 10.9. The maximum atomic E-state index is 12.1. The zero-order valence-corrected chi connectivity index (χ0v) is 13.5. The molecular formula is C17H27NO3. The van der Waals surface area contributed by atoms with Crippen LogP contribution in [0.1, 0.15) is 39.7 Å². The molecule has 118 valence electrons. The lowest BCUT2D eigenvalue weighted by molar-refractivity contribution is -0.159. The summed E-state index contributed by atoms with van der Waals surface area (Å²) in [4.78, 5) is 12.1. The number of hydrogen-bond acceptors (Lipinski definition) is 4. The van der Waals surface area contributed by atoms with Crippen LogP contribution < -0.4 is 10.5 Å². The molecular weight excluding hydrogens is 266 g/mol. The van der Waals surface area contributed by atoms with Gasteiger partial charge >= 0.3 is 5.97 Å². The molecule has 1 atom stereocenters. The van der Waals surface area contributed by atoms with Crippen LogP contribution in [0.4, 0.5) is 0 Å². The van der Waals surface area contributed by atoms with Crippen LogP contribution in [0.3, 0.4) is 0 Å². The van der Waals surface area contributed by atoms with Crippen molar-refractivity contribution in [1.29, 1.82) is 0 Å². The van der Waals surface area contributed by atoms with E-state index >= 15 is 0 Å². The van der Waals surface area contributed by atoms with Crippen molar-refractivity contribution in [2.75, 3.05) is 13.2 Å². The van der Waals surface area contributed by atoms with E-state index in [2.05, 4.69) is 6.92 Å². The van der Waals surface area contributed by atoms with Gasteiger partial charge in [0.05, 0.1) is 12.5 Å². The fraction of sp³-hybridized carbons (Fsp3) is 0.588. The zero-order chi connectivity index (χ0) is 15.9. The van der Waals surface area contributed by atoms with Crippen LogP contribution in [0, 0.1) is 5.92 Å². The van der Waals surface area contributed by atoms with Crippen molar-refractivity contribution in [1.82, 2.24) is 0 Å². The lowest BCUT2D eigenvalue weighted by Gasteiger charge is -2.23. The fourth-order valence-electron chi connectivity index (χ4n) is 1.87. The van der Waals surface area contributed by atoms with Crippen molar-refractivity contribution in [3.05, 3.63) is 29.8 Å². The first-order valence-electron chi connectivity index (χ1n) is 7.50. The molecule has 0 saturated heterocycles. The molecule has 4 nitrogen and oxygen atoms in total. The first-order valence-corrected chi connectivity index (χ1v) is 7.50. The monoisotopic (exact) mass is 293 g/mol. The van der Waals surface area contributed by atoms with Crippen LogP contribution in [0.2, 0.25) is 0 Å². The first kappa shape index (κ1) is 17.5. The highest BCUT2D eigenvalue weighted by Gasteiger charge is 2.24. The molecule has 1 rings (SSSR count). The molecule has 0 aromatic heterocycles. The molecule has 0 aliphatic carbocycles. The van der Waals surface area contributed by atoms with E-state index in [1.807, 2.05) is 45.0 Å². The molecule has 0 radical (unpaired) electrons. The van der Waals surface area contributed by atoms with Gasteiger partial charge in [0, 0.05) is 6.54 Å². The molecule has 0 fully saturated rings. The van der Waals surface area contributed by atoms with Crippen molar-refractivity contribution in [3.8, 4) is 5.75 Å². The molecule has 1 aromatic rings. The second-order valence-electron chi connectivity index (χ2n) is 6.16. The van der Waals surface area contributed by atoms with Gasteiger partial charge in [0.25, 0.3) is 0 Å². The average molecular weight is 293 g/mol. The number of nitrogens with two attached hydrogens (primary N) is 1. The number of ether oxygens (including phenoxy) is 2. The quantitative estimate of drug-likeness (QED) is 0.785. The van der Waals surface area contributed by atoms with Crippen LogP contribution in [0.25, 0.3) is 0 Å². The molecule has 2 N–H and O–H groups in total. The lowest BCUT2D eigenvalue weighted by atomic mass is 9.99. The SMILES string of the molecule is CCCOc1ccc(CC(CN)C(=O)OC(C)(C)C)cc1. The molecule has 0 aliphatic heterocycles. The van der Waals surface area contributed by atoms with Gasteiger partial charge in [-0.15, -0.1) is 0 Å². The smallest absolute Gasteiger partial charge is 0.311 e. The van der Waals surface area contributed by atoms with Gasteiger partial charge in [-0.3, -0.25) is 4.79 Å². The Morgan fingerprint density at radius 2 is 1.86 bits per heavy atom. The van der Waals surface area contributed by atoms with Crippen LogP contribution in [-0.2, 0) is 16.0 Å². The maximum Gasteiger partial charge on any atom is 0.311 e. The van der Waals surface area contributed by atoms with Crippen molar-refractivity contribution in [2.24, 2.45) is 11.7 Å². The van der Waals surface area contributed by atoms with Crippen LogP contribution >= 0.6 is 0 Å². The predicted octanol–water partition coefficient (Wildman–Crippen LogP) is 2.93. The van der Waals surface area contributed by atoms with Crippen LogP contribution in [-0.4, -0.2) is 24.7 Å². The molecule has 0 amide bonds. The van der Waals surface area contributed by atoms with Gasteiger partial charge in [0.1, 0.15) is 11.4 Å². The van der Waals surface area contributed by atoms with Crippen molar-refractivity contribution in [3.63, 3.8) is 0 Å². The highest BCUT2D eigenvalue weighted by atomic mass is 16.6. The van der Waals surface area contributed by atoms with E-state index in [-0.39, 0.29) is 18.4 Å². The number of hydrogen-bond donors (Lipinski definition) is 1. The van der Waals surface area contributed by atoms with E-state index in [4.69, 9.17) is 15.2 Å². The molecule has 0 bridgehead atoms. The molecule has 0 saturated carbocycles. The molecule has 0 heterocycles. The number of esters is 1. The third-order valence-electron chi connectivity index (χ3n) is 2.90. The Labute approximate surface area is 127 Å².